The number of carbonyl (C=O) groups is 1. The molecule has 1 N–H and O–H groups in total. The van der Waals surface area contributed by atoms with E-state index < -0.39 is 5.92 Å². The van der Waals surface area contributed by atoms with Crippen molar-refractivity contribution in [3.05, 3.63) is 75.3 Å². The first kappa shape index (κ1) is 22.8. The van der Waals surface area contributed by atoms with Gasteiger partial charge in [0.1, 0.15) is 11.6 Å². The van der Waals surface area contributed by atoms with Gasteiger partial charge in [-0.15, -0.1) is 0 Å². The molecular formula is C24H24FN3O4S. The Kier molecular flexibility index (Phi) is 6.69. The summed E-state index contributed by atoms with van der Waals surface area (Å²) >= 11 is 1.35. The van der Waals surface area contributed by atoms with Gasteiger partial charge in [-0.25, -0.2) is 4.39 Å². The molecule has 1 atom stereocenters. The minimum atomic E-state index is -0.458. The van der Waals surface area contributed by atoms with Crippen LogP contribution in [0.25, 0.3) is 0 Å². The van der Waals surface area contributed by atoms with Crippen molar-refractivity contribution in [2.75, 3.05) is 19.0 Å². The molecule has 2 heterocycles. The Morgan fingerprint density at radius 2 is 1.94 bits per heavy atom. The van der Waals surface area contributed by atoms with Crippen LogP contribution in [0.4, 0.5) is 10.2 Å². The van der Waals surface area contributed by atoms with Gasteiger partial charge < -0.3 is 19.4 Å². The Hall–Kier alpha value is -3.33. The van der Waals surface area contributed by atoms with Crippen molar-refractivity contribution in [3.8, 4) is 11.5 Å². The van der Waals surface area contributed by atoms with Crippen molar-refractivity contribution in [3.63, 3.8) is 0 Å². The summed E-state index contributed by atoms with van der Waals surface area (Å²) in [6.45, 7) is 2.38. The van der Waals surface area contributed by atoms with Crippen LogP contribution in [0.15, 0.2) is 52.4 Å². The Morgan fingerprint density at radius 1 is 1.18 bits per heavy atom. The van der Waals surface area contributed by atoms with E-state index in [4.69, 9.17) is 9.47 Å². The zero-order valence-corrected chi connectivity index (χ0v) is 19.4. The molecule has 0 saturated heterocycles. The van der Waals surface area contributed by atoms with Crippen LogP contribution in [-0.4, -0.2) is 29.2 Å². The van der Waals surface area contributed by atoms with E-state index in [1.165, 1.54) is 23.9 Å². The molecule has 0 radical (unpaired) electrons. The van der Waals surface area contributed by atoms with Gasteiger partial charge in [0.05, 0.1) is 19.3 Å². The summed E-state index contributed by atoms with van der Waals surface area (Å²) in [5, 5.41) is 3.31. The molecule has 0 saturated carbocycles. The minimum Gasteiger partial charge on any atom is -0.493 e. The lowest BCUT2D eigenvalue weighted by molar-refractivity contribution is -0.116. The first-order chi connectivity index (χ1) is 15.9. The molecule has 9 heteroatoms. The number of hydrogen-bond donors (Lipinski definition) is 1. The highest BCUT2D eigenvalue weighted by atomic mass is 32.2. The average molecular weight is 470 g/mol. The molecule has 172 valence electrons. The molecule has 1 aliphatic heterocycles. The SMILES string of the molecule is CCOc1ccc([C@@H]2CC(=O)Nc3c2c(=O)nc(SCc2ccc(F)cc2)n3C)cc1OC. The van der Waals surface area contributed by atoms with Gasteiger partial charge in [0.25, 0.3) is 5.56 Å². The van der Waals surface area contributed by atoms with Crippen molar-refractivity contribution in [2.24, 2.45) is 7.05 Å². The maximum Gasteiger partial charge on any atom is 0.279 e. The predicted octanol–water partition coefficient (Wildman–Crippen LogP) is 4.09. The molecule has 0 aliphatic carbocycles. The molecule has 0 spiro atoms. The van der Waals surface area contributed by atoms with Crippen LogP contribution in [0.5, 0.6) is 11.5 Å². The number of aromatic nitrogens is 2. The molecule has 1 amide bonds. The number of methoxy groups -OCH3 is 1. The molecule has 0 bridgehead atoms. The number of ether oxygens (including phenoxy) is 2. The van der Waals surface area contributed by atoms with Gasteiger partial charge in [-0.3, -0.25) is 9.59 Å². The number of nitrogens with one attached hydrogen (secondary N) is 1. The fourth-order valence-corrected chi connectivity index (χ4v) is 4.77. The van der Waals surface area contributed by atoms with Crippen LogP contribution >= 0.6 is 11.8 Å². The van der Waals surface area contributed by atoms with E-state index >= 15 is 0 Å². The van der Waals surface area contributed by atoms with Gasteiger partial charge in [0, 0.05) is 25.1 Å². The van der Waals surface area contributed by atoms with Crippen molar-refractivity contribution < 1.29 is 18.7 Å². The second-order valence-electron chi connectivity index (χ2n) is 7.58. The molecule has 7 nitrogen and oxygen atoms in total. The van der Waals surface area contributed by atoms with Gasteiger partial charge >= 0.3 is 0 Å². The Balaban J connectivity index is 1.70. The highest BCUT2D eigenvalue weighted by molar-refractivity contribution is 7.98. The Labute approximate surface area is 194 Å². The molecule has 0 fully saturated rings. The van der Waals surface area contributed by atoms with E-state index in [-0.39, 0.29) is 23.7 Å². The number of amides is 1. The van der Waals surface area contributed by atoms with E-state index in [1.54, 1.807) is 43.0 Å². The summed E-state index contributed by atoms with van der Waals surface area (Å²) < 4.78 is 25.9. The molecular weight excluding hydrogens is 445 g/mol. The second kappa shape index (κ2) is 9.66. The van der Waals surface area contributed by atoms with Gasteiger partial charge in [-0.1, -0.05) is 30.0 Å². The van der Waals surface area contributed by atoms with E-state index in [2.05, 4.69) is 10.3 Å². The molecule has 1 aliphatic rings. The fourth-order valence-electron chi connectivity index (χ4n) is 3.85. The average Bonchev–Trinajstić information content (AvgIpc) is 2.81. The molecule has 3 aromatic rings. The maximum atomic E-state index is 13.2. The van der Waals surface area contributed by atoms with Crippen molar-refractivity contribution in [2.45, 2.75) is 30.2 Å². The lowest BCUT2D eigenvalue weighted by Crippen LogP contribution is -2.33. The highest BCUT2D eigenvalue weighted by Gasteiger charge is 2.32. The first-order valence-electron chi connectivity index (χ1n) is 10.5. The standard InChI is InChI=1S/C24H24FN3O4S/c1-4-32-18-10-7-15(11-19(18)31-3)17-12-20(29)26-22-21(17)23(30)27-24(28(22)2)33-13-14-5-8-16(25)9-6-14/h5-11,17H,4,12-13H2,1-3H3,(H,26,29)/t17-/m0/s1. The zero-order chi connectivity index (χ0) is 23.5. The largest absolute Gasteiger partial charge is 0.493 e. The van der Waals surface area contributed by atoms with Crippen molar-refractivity contribution in [1.29, 1.82) is 0 Å². The van der Waals surface area contributed by atoms with Crippen molar-refractivity contribution >= 4 is 23.5 Å². The summed E-state index contributed by atoms with van der Waals surface area (Å²) in [6.07, 6.45) is 0.128. The fraction of sp³-hybridized carbons (Fsp3) is 0.292. The second-order valence-corrected chi connectivity index (χ2v) is 8.53. The normalized spacial score (nSPS) is 15.0. The molecule has 4 rings (SSSR count). The number of hydrogen-bond acceptors (Lipinski definition) is 6. The Morgan fingerprint density at radius 3 is 2.64 bits per heavy atom. The van der Waals surface area contributed by atoms with Crippen LogP contribution in [0.2, 0.25) is 0 Å². The number of thioether (sulfide) groups is 1. The van der Waals surface area contributed by atoms with Gasteiger partial charge in [0.15, 0.2) is 16.7 Å². The van der Waals surface area contributed by atoms with E-state index in [1.807, 2.05) is 13.0 Å². The summed E-state index contributed by atoms with van der Waals surface area (Å²) in [5.74, 6) is 1.14. The third kappa shape index (κ3) is 4.73. The van der Waals surface area contributed by atoms with E-state index in [0.717, 1.165) is 11.1 Å². The van der Waals surface area contributed by atoms with Crippen LogP contribution in [0.3, 0.4) is 0 Å². The third-order valence-electron chi connectivity index (χ3n) is 5.47. The number of halogens is 1. The zero-order valence-electron chi connectivity index (χ0n) is 18.6. The first-order valence-corrected chi connectivity index (χ1v) is 11.5. The smallest absolute Gasteiger partial charge is 0.279 e. The highest BCUT2D eigenvalue weighted by Crippen LogP contribution is 2.39. The van der Waals surface area contributed by atoms with Crippen LogP contribution < -0.4 is 20.3 Å². The topological polar surface area (TPSA) is 82.5 Å². The number of fused-ring (bicyclic) bond motifs is 1. The van der Waals surface area contributed by atoms with Crippen molar-refractivity contribution in [1.82, 2.24) is 9.55 Å². The number of carbonyl (C=O) groups excluding carboxylic acids is 1. The number of anilines is 1. The summed E-state index contributed by atoms with van der Waals surface area (Å²) in [6, 6.07) is 11.6. The van der Waals surface area contributed by atoms with Gasteiger partial charge in [-0.2, -0.15) is 4.98 Å². The van der Waals surface area contributed by atoms with Crippen LogP contribution in [0, 0.1) is 5.82 Å². The molecule has 0 unspecified atom stereocenters. The monoisotopic (exact) mass is 469 g/mol. The minimum absolute atomic E-state index is 0.128. The molecule has 33 heavy (non-hydrogen) atoms. The molecule has 1 aromatic heterocycles. The van der Waals surface area contributed by atoms with Gasteiger partial charge in [0.2, 0.25) is 5.91 Å². The quantitative estimate of drug-likeness (QED) is 0.415. The summed E-state index contributed by atoms with van der Waals surface area (Å²) in [5.41, 5.74) is 1.73. The Bertz CT molecular complexity index is 1240. The van der Waals surface area contributed by atoms with E-state index in [0.29, 0.717) is 40.4 Å². The summed E-state index contributed by atoms with van der Waals surface area (Å²) in [7, 11) is 3.31. The number of rotatable bonds is 7. The summed E-state index contributed by atoms with van der Waals surface area (Å²) in [4.78, 5) is 30.0. The van der Waals surface area contributed by atoms with E-state index in [9.17, 15) is 14.0 Å². The van der Waals surface area contributed by atoms with Crippen LogP contribution in [0.1, 0.15) is 36.0 Å². The molecule has 2 aromatic carbocycles. The third-order valence-corrected chi connectivity index (χ3v) is 6.57. The predicted molar refractivity (Wildman–Crippen MR) is 125 cm³/mol. The number of nitrogens with zero attached hydrogens (tertiary/aromatic N) is 2. The maximum absolute atomic E-state index is 13.2. The lowest BCUT2D eigenvalue weighted by atomic mass is 9.86. The lowest BCUT2D eigenvalue weighted by Gasteiger charge is -2.28. The number of benzene rings is 2. The van der Waals surface area contributed by atoms with Crippen LogP contribution in [-0.2, 0) is 17.6 Å². The van der Waals surface area contributed by atoms with Gasteiger partial charge in [-0.05, 0) is 42.3 Å².